The first-order chi connectivity index (χ1) is 14.2. The van der Waals surface area contributed by atoms with Crippen LogP contribution in [0.3, 0.4) is 0 Å². The molecule has 3 aromatic carbocycles. The number of carbonyl (C=O) groups is 1. The number of hydrogen-bond acceptors (Lipinski definition) is 5. The Morgan fingerprint density at radius 2 is 1.72 bits per heavy atom. The zero-order valence-electron chi connectivity index (χ0n) is 15.6. The van der Waals surface area contributed by atoms with E-state index in [0.29, 0.717) is 17.9 Å². The number of nitrogens with two attached hydrogens (primary N) is 1. The molecule has 0 fully saturated rings. The molecule has 1 heterocycles. The minimum absolute atomic E-state index is 0.0288. The summed E-state index contributed by atoms with van der Waals surface area (Å²) >= 11 is 0. The van der Waals surface area contributed by atoms with E-state index in [9.17, 15) is 4.79 Å². The lowest BCUT2D eigenvalue weighted by molar-refractivity contribution is 0.100. The maximum absolute atomic E-state index is 11.3. The average molecular weight is 384 g/mol. The molecule has 0 saturated carbocycles. The molecule has 1 amide bonds. The molecule has 1 atom stereocenters. The summed E-state index contributed by atoms with van der Waals surface area (Å²) in [7, 11) is 0. The van der Waals surface area contributed by atoms with E-state index in [1.165, 1.54) is 0 Å². The van der Waals surface area contributed by atoms with Gasteiger partial charge in [-0.1, -0.05) is 60.7 Å². The van der Waals surface area contributed by atoms with E-state index in [1.54, 1.807) is 12.1 Å². The summed E-state index contributed by atoms with van der Waals surface area (Å²) in [5.41, 5.74) is 10.0. The van der Waals surface area contributed by atoms with Crippen molar-refractivity contribution in [1.29, 1.82) is 0 Å². The Balaban J connectivity index is 1.61. The standard InChI is InChI=1S/C22H20N6O/c23-21(29)17-11-9-15(10-12-17)14-24-20(16-5-2-1-3-6-16)18-7-4-8-19(13-18)22-25-27-28-26-22/h1-13,20,24H,14H2,(H2,23,29)(H,25,26,27,28). The molecular formula is C22H20N6O. The molecule has 7 heteroatoms. The van der Waals surface area contributed by atoms with Gasteiger partial charge in [-0.15, -0.1) is 10.2 Å². The van der Waals surface area contributed by atoms with Gasteiger partial charge >= 0.3 is 0 Å². The third kappa shape index (κ3) is 4.36. The summed E-state index contributed by atoms with van der Waals surface area (Å²) in [6.45, 7) is 0.630. The minimum atomic E-state index is -0.426. The Bertz CT molecular complexity index is 1080. The van der Waals surface area contributed by atoms with Crippen LogP contribution in [0.5, 0.6) is 0 Å². The normalized spacial score (nSPS) is 11.9. The van der Waals surface area contributed by atoms with E-state index in [-0.39, 0.29) is 6.04 Å². The molecule has 1 unspecified atom stereocenters. The van der Waals surface area contributed by atoms with Crippen LogP contribution in [0.15, 0.2) is 78.9 Å². The number of aromatic amines is 1. The lowest BCUT2D eigenvalue weighted by atomic mass is 9.96. The fourth-order valence-corrected chi connectivity index (χ4v) is 3.22. The molecule has 0 aliphatic carbocycles. The van der Waals surface area contributed by atoms with Crippen molar-refractivity contribution in [2.45, 2.75) is 12.6 Å². The van der Waals surface area contributed by atoms with Crippen LogP contribution >= 0.6 is 0 Å². The summed E-state index contributed by atoms with van der Waals surface area (Å²) < 4.78 is 0. The number of H-pyrrole nitrogens is 1. The monoisotopic (exact) mass is 384 g/mol. The molecule has 144 valence electrons. The second-order valence-corrected chi connectivity index (χ2v) is 6.65. The number of rotatable bonds is 7. The summed E-state index contributed by atoms with van der Waals surface area (Å²) in [4.78, 5) is 11.3. The average Bonchev–Trinajstić information content (AvgIpc) is 3.30. The van der Waals surface area contributed by atoms with E-state index < -0.39 is 5.91 Å². The largest absolute Gasteiger partial charge is 0.366 e. The molecule has 0 spiro atoms. The number of primary amides is 1. The Hall–Kier alpha value is -3.84. The highest BCUT2D eigenvalue weighted by Crippen LogP contribution is 2.26. The maximum atomic E-state index is 11.3. The second-order valence-electron chi connectivity index (χ2n) is 6.65. The molecule has 1 aromatic heterocycles. The van der Waals surface area contributed by atoms with Gasteiger partial charge < -0.3 is 11.1 Å². The zero-order chi connectivity index (χ0) is 20.1. The lowest BCUT2D eigenvalue weighted by Crippen LogP contribution is -2.22. The van der Waals surface area contributed by atoms with E-state index in [1.807, 2.05) is 42.5 Å². The van der Waals surface area contributed by atoms with Crippen molar-refractivity contribution in [3.8, 4) is 11.4 Å². The van der Waals surface area contributed by atoms with Crippen molar-refractivity contribution in [1.82, 2.24) is 25.9 Å². The molecule has 4 rings (SSSR count). The second kappa shape index (κ2) is 8.45. The number of nitrogens with one attached hydrogen (secondary N) is 2. The molecule has 4 N–H and O–H groups in total. The van der Waals surface area contributed by atoms with Crippen molar-refractivity contribution >= 4 is 5.91 Å². The van der Waals surface area contributed by atoms with Crippen LogP contribution in [-0.4, -0.2) is 26.5 Å². The highest BCUT2D eigenvalue weighted by Gasteiger charge is 2.15. The fourth-order valence-electron chi connectivity index (χ4n) is 3.22. The van der Waals surface area contributed by atoms with Crippen molar-refractivity contribution < 1.29 is 4.79 Å². The Labute approximate surface area is 168 Å². The fraction of sp³-hybridized carbons (Fsp3) is 0.0909. The van der Waals surface area contributed by atoms with E-state index >= 15 is 0 Å². The van der Waals surface area contributed by atoms with Gasteiger partial charge in [0.15, 0.2) is 0 Å². The zero-order valence-corrected chi connectivity index (χ0v) is 15.6. The van der Waals surface area contributed by atoms with E-state index in [2.05, 4.69) is 50.2 Å². The summed E-state index contributed by atoms with van der Waals surface area (Å²) in [6.07, 6.45) is 0. The number of tetrazole rings is 1. The first-order valence-corrected chi connectivity index (χ1v) is 9.21. The first kappa shape index (κ1) is 18.5. The van der Waals surface area contributed by atoms with Gasteiger partial charge in [-0.3, -0.25) is 4.79 Å². The van der Waals surface area contributed by atoms with Gasteiger partial charge in [0.2, 0.25) is 11.7 Å². The predicted octanol–water partition coefficient (Wildman–Crippen LogP) is 2.84. The van der Waals surface area contributed by atoms with Crippen molar-refractivity contribution in [3.05, 3.63) is 101 Å². The van der Waals surface area contributed by atoms with Crippen LogP contribution in [0.25, 0.3) is 11.4 Å². The minimum Gasteiger partial charge on any atom is -0.366 e. The SMILES string of the molecule is NC(=O)c1ccc(CNC(c2ccccc2)c2cccc(-c3nn[nH]n3)c2)cc1. The number of nitrogens with zero attached hydrogens (tertiary/aromatic N) is 3. The van der Waals surface area contributed by atoms with Crippen molar-refractivity contribution in [3.63, 3.8) is 0 Å². The van der Waals surface area contributed by atoms with Crippen LogP contribution < -0.4 is 11.1 Å². The smallest absolute Gasteiger partial charge is 0.248 e. The molecule has 29 heavy (non-hydrogen) atoms. The van der Waals surface area contributed by atoms with E-state index in [4.69, 9.17) is 5.73 Å². The van der Waals surface area contributed by atoms with Crippen molar-refractivity contribution in [2.24, 2.45) is 5.73 Å². The summed E-state index contributed by atoms with van der Waals surface area (Å²) in [6, 6.07) is 25.6. The number of carbonyl (C=O) groups excluding carboxylic acids is 1. The number of amides is 1. The third-order valence-electron chi connectivity index (χ3n) is 4.71. The lowest BCUT2D eigenvalue weighted by Gasteiger charge is -2.20. The number of hydrogen-bond donors (Lipinski definition) is 3. The van der Waals surface area contributed by atoms with Gasteiger partial charge in [-0.2, -0.15) is 5.21 Å². The predicted molar refractivity (Wildman–Crippen MR) is 110 cm³/mol. The Morgan fingerprint density at radius 3 is 2.41 bits per heavy atom. The first-order valence-electron chi connectivity index (χ1n) is 9.21. The molecule has 0 bridgehead atoms. The van der Waals surface area contributed by atoms with Crippen LogP contribution in [0.2, 0.25) is 0 Å². The quantitative estimate of drug-likeness (QED) is 0.454. The van der Waals surface area contributed by atoms with Gasteiger partial charge in [0.05, 0.1) is 6.04 Å². The summed E-state index contributed by atoms with van der Waals surface area (Å²) in [5, 5.41) is 17.9. The van der Waals surface area contributed by atoms with Gasteiger partial charge in [-0.25, -0.2) is 0 Å². The van der Waals surface area contributed by atoms with Crippen LogP contribution in [-0.2, 0) is 6.54 Å². The van der Waals surface area contributed by atoms with Crippen LogP contribution in [0.4, 0.5) is 0 Å². The van der Waals surface area contributed by atoms with Crippen molar-refractivity contribution in [2.75, 3.05) is 0 Å². The van der Waals surface area contributed by atoms with E-state index in [0.717, 1.165) is 22.3 Å². The Kier molecular flexibility index (Phi) is 5.40. The van der Waals surface area contributed by atoms with Gasteiger partial charge in [0, 0.05) is 17.7 Å². The third-order valence-corrected chi connectivity index (χ3v) is 4.71. The Morgan fingerprint density at radius 1 is 0.966 bits per heavy atom. The number of benzene rings is 3. The molecule has 7 nitrogen and oxygen atoms in total. The number of aromatic nitrogens is 4. The summed E-state index contributed by atoms with van der Waals surface area (Å²) in [5.74, 6) is 0.130. The highest BCUT2D eigenvalue weighted by atomic mass is 16.1. The molecular weight excluding hydrogens is 364 g/mol. The molecule has 0 saturated heterocycles. The molecule has 0 aliphatic heterocycles. The van der Waals surface area contributed by atoms with Crippen LogP contribution in [0, 0.1) is 0 Å². The van der Waals surface area contributed by atoms with Gasteiger partial charge in [-0.05, 0) is 40.1 Å². The maximum Gasteiger partial charge on any atom is 0.248 e. The molecule has 0 radical (unpaired) electrons. The molecule has 4 aromatic rings. The topological polar surface area (TPSA) is 110 Å². The van der Waals surface area contributed by atoms with Gasteiger partial charge in [0.1, 0.15) is 0 Å². The van der Waals surface area contributed by atoms with Crippen LogP contribution in [0.1, 0.15) is 33.1 Å². The molecule has 0 aliphatic rings. The van der Waals surface area contributed by atoms with Gasteiger partial charge in [0.25, 0.3) is 0 Å². The highest BCUT2D eigenvalue weighted by molar-refractivity contribution is 5.92.